The van der Waals surface area contributed by atoms with Crippen LogP contribution in [-0.4, -0.2) is 69.5 Å². The first-order valence-electron chi connectivity index (χ1n) is 8.45. The third kappa shape index (κ3) is 3.43. The van der Waals surface area contributed by atoms with Gasteiger partial charge in [0, 0.05) is 38.6 Å². The number of hydrogen-bond acceptors (Lipinski definition) is 7. The number of aliphatic hydroxyl groups is 1. The van der Waals surface area contributed by atoms with Crippen molar-refractivity contribution in [1.82, 2.24) is 18.0 Å². The van der Waals surface area contributed by atoms with Crippen molar-refractivity contribution in [2.45, 2.75) is 25.0 Å². The van der Waals surface area contributed by atoms with Crippen molar-refractivity contribution in [2.75, 3.05) is 32.4 Å². The van der Waals surface area contributed by atoms with E-state index in [1.165, 1.54) is 27.9 Å². The van der Waals surface area contributed by atoms with Crippen LogP contribution in [0.5, 0.6) is 0 Å². The van der Waals surface area contributed by atoms with Gasteiger partial charge < -0.3 is 5.11 Å². The zero-order valence-corrected chi connectivity index (χ0v) is 15.8. The van der Waals surface area contributed by atoms with Crippen molar-refractivity contribution in [3.05, 3.63) is 23.8 Å². The molecule has 1 N–H and O–H groups in total. The van der Waals surface area contributed by atoms with Gasteiger partial charge in [-0.05, 0) is 30.5 Å². The van der Waals surface area contributed by atoms with Gasteiger partial charge in [-0.15, -0.1) is 0 Å². The summed E-state index contributed by atoms with van der Waals surface area (Å²) in [6.45, 7) is 3.12. The lowest BCUT2D eigenvalue weighted by atomic mass is 9.76. The van der Waals surface area contributed by atoms with E-state index < -0.39 is 15.6 Å². The molecule has 2 aromatic rings. The molecule has 2 saturated heterocycles. The summed E-state index contributed by atoms with van der Waals surface area (Å²) in [7, 11) is -3.21. The van der Waals surface area contributed by atoms with Crippen LogP contribution >= 0.6 is 11.7 Å². The van der Waals surface area contributed by atoms with Crippen LogP contribution in [0.1, 0.15) is 18.4 Å². The molecule has 4 rings (SSSR count). The van der Waals surface area contributed by atoms with Crippen molar-refractivity contribution in [3.63, 3.8) is 0 Å². The van der Waals surface area contributed by atoms with Gasteiger partial charge in [-0.2, -0.15) is 8.75 Å². The molecule has 2 aliphatic rings. The Bertz CT molecular complexity index is 884. The number of fused-ring (bicyclic) bond motifs is 2. The first-order chi connectivity index (χ1) is 11.8. The summed E-state index contributed by atoms with van der Waals surface area (Å²) in [5.41, 5.74) is 2.26. The highest BCUT2D eigenvalue weighted by molar-refractivity contribution is 7.88. The molecule has 0 saturated carbocycles. The normalized spacial score (nSPS) is 29.0. The Morgan fingerprint density at radius 2 is 2.00 bits per heavy atom. The van der Waals surface area contributed by atoms with Gasteiger partial charge in [0.05, 0.1) is 23.6 Å². The first kappa shape index (κ1) is 17.3. The van der Waals surface area contributed by atoms with E-state index in [9.17, 15) is 13.5 Å². The second kappa shape index (κ2) is 6.24. The van der Waals surface area contributed by atoms with Crippen LogP contribution in [0.3, 0.4) is 0 Å². The van der Waals surface area contributed by atoms with Gasteiger partial charge in [0.15, 0.2) is 0 Å². The Hall–Kier alpha value is -1.13. The minimum absolute atomic E-state index is 0.0469. The maximum Gasteiger partial charge on any atom is 0.211 e. The highest BCUT2D eigenvalue weighted by Crippen LogP contribution is 2.36. The Morgan fingerprint density at radius 3 is 2.80 bits per heavy atom. The smallest absolute Gasteiger partial charge is 0.211 e. The van der Waals surface area contributed by atoms with E-state index in [1.54, 1.807) is 0 Å². The summed E-state index contributed by atoms with van der Waals surface area (Å²) in [5, 5.41) is 10.9. The predicted octanol–water partition coefficient (Wildman–Crippen LogP) is 0.910. The van der Waals surface area contributed by atoms with Crippen LogP contribution in [0.25, 0.3) is 11.0 Å². The van der Waals surface area contributed by atoms with E-state index in [0.717, 1.165) is 24.1 Å². The first-order valence-corrected chi connectivity index (χ1v) is 11.0. The van der Waals surface area contributed by atoms with E-state index in [0.29, 0.717) is 32.5 Å². The van der Waals surface area contributed by atoms with Gasteiger partial charge in [-0.25, -0.2) is 12.7 Å². The monoisotopic (exact) mass is 382 g/mol. The third-order valence-corrected chi connectivity index (χ3v) is 7.34. The molecule has 0 amide bonds. The van der Waals surface area contributed by atoms with Gasteiger partial charge in [-0.3, -0.25) is 4.90 Å². The van der Waals surface area contributed by atoms with E-state index in [4.69, 9.17) is 0 Å². The fourth-order valence-electron chi connectivity index (χ4n) is 3.97. The van der Waals surface area contributed by atoms with Gasteiger partial charge in [-0.1, -0.05) is 6.07 Å². The van der Waals surface area contributed by atoms with Crippen LogP contribution < -0.4 is 0 Å². The predicted molar refractivity (Wildman–Crippen MR) is 96.8 cm³/mol. The van der Waals surface area contributed by atoms with Crippen LogP contribution in [0, 0.1) is 5.92 Å². The average molecular weight is 383 g/mol. The van der Waals surface area contributed by atoms with Crippen molar-refractivity contribution in [2.24, 2.45) is 5.92 Å². The van der Waals surface area contributed by atoms with E-state index in [-0.39, 0.29) is 5.92 Å². The van der Waals surface area contributed by atoms with Gasteiger partial charge in [0.2, 0.25) is 10.0 Å². The van der Waals surface area contributed by atoms with Gasteiger partial charge in [0.25, 0.3) is 0 Å². The average Bonchev–Trinajstić information content (AvgIpc) is 3.01. The molecule has 9 heteroatoms. The topological polar surface area (TPSA) is 86.6 Å². The minimum atomic E-state index is -3.21. The maximum absolute atomic E-state index is 11.9. The van der Waals surface area contributed by atoms with Crippen molar-refractivity contribution >= 4 is 32.8 Å². The molecule has 0 unspecified atom stereocenters. The molecule has 1 aromatic carbocycles. The van der Waals surface area contributed by atoms with Crippen LogP contribution in [-0.2, 0) is 16.6 Å². The fourth-order valence-corrected chi connectivity index (χ4v) is 5.36. The van der Waals surface area contributed by atoms with Gasteiger partial charge in [0.1, 0.15) is 11.0 Å². The molecule has 136 valence electrons. The quantitative estimate of drug-likeness (QED) is 0.849. The molecule has 2 aliphatic heterocycles. The lowest BCUT2D eigenvalue weighted by molar-refractivity contribution is -0.103. The number of benzene rings is 1. The summed E-state index contributed by atoms with van der Waals surface area (Å²) in [4.78, 5) is 2.30. The molecule has 0 aliphatic carbocycles. The summed E-state index contributed by atoms with van der Waals surface area (Å²) in [6.07, 6.45) is 2.46. The molecule has 0 radical (unpaired) electrons. The molecule has 3 heterocycles. The number of piperidine rings is 2. The number of likely N-dealkylation sites (tertiary alicyclic amines) is 1. The lowest BCUT2D eigenvalue weighted by Gasteiger charge is -2.49. The number of rotatable bonds is 3. The van der Waals surface area contributed by atoms with E-state index in [2.05, 4.69) is 25.8 Å². The minimum Gasteiger partial charge on any atom is -0.389 e. The number of aromatic nitrogens is 2. The SMILES string of the molecule is CS(=O)(=O)N1CC[C@]2(O)CCN(Cc3ccc4nsnc4c3)C[C@@H]2C1. The molecule has 2 fully saturated rings. The molecule has 7 nitrogen and oxygen atoms in total. The van der Waals surface area contributed by atoms with Crippen molar-refractivity contribution in [1.29, 1.82) is 0 Å². The fraction of sp³-hybridized carbons (Fsp3) is 0.625. The zero-order valence-electron chi connectivity index (χ0n) is 14.1. The Morgan fingerprint density at radius 1 is 1.24 bits per heavy atom. The Labute approximate surface area is 151 Å². The third-order valence-electron chi connectivity index (χ3n) is 5.51. The van der Waals surface area contributed by atoms with E-state index >= 15 is 0 Å². The van der Waals surface area contributed by atoms with Crippen LogP contribution in [0.2, 0.25) is 0 Å². The largest absolute Gasteiger partial charge is 0.389 e. The second-order valence-electron chi connectivity index (χ2n) is 7.24. The van der Waals surface area contributed by atoms with E-state index in [1.807, 2.05) is 6.07 Å². The maximum atomic E-state index is 11.9. The number of hydrogen-bond donors (Lipinski definition) is 1. The van der Waals surface area contributed by atoms with Crippen LogP contribution in [0.4, 0.5) is 0 Å². The molecule has 25 heavy (non-hydrogen) atoms. The summed E-state index contributed by atoms with van der Waals surface area (Å²) >= 11 is 1.22. The molecular formula is C16H22N4O3S2. The standard InChI is InChI=1S/C16H22N4O3S2/c1-25(22,23)20-7-5-16(21)4-6-19(10-13(16)11-20)9-12-2-3-14-15(8-12)18-24-17-14/h2-3,8,13,21H,4-7,9-11H2,1H3/t13-,16-/m1/s1. The van der Waals surface area contributed by atoms with Crippen molar-refractivity contribution < 1.29 is 13.5 Å². The highest BCUT2D eigenvalue weighted by Gasteiger charge is 2.46. The summed E-state index contributed by atoms with van der Waals surface area (Å²) < 4.78 is 33.7. The zero-order chi connectivity index (χ0) is 17.7. The molecule has 0 spiro atoms. The second-order valence-corrected chi connectivity index (χ2v) is 9.75. The number of nitrogens with zero attached hydrogens (tertiary/aromatic N) is 4. The van der Waals surface area contributed by atoms with Crippen LogP contribution in [0.15, 0.2) is 18.2 Å². The highest BCUT2D eigenvalue weighted by atomic mass is 32.2. The Balaban J connectivity index is 1.48. The van der Waals surface area contributed by atoms with Crippen molar-refractivity contribution in [3.8, 4) is 0 Å². The summed E-state index contributed by atoms with van der Waals surface area (Å²) in [6, 6.07) is 6.11. The Kier molecular flexibility index (Phi) is 4.32. The molecule has 2 atom stereocenters. The van der Waals surface area contributed by atoms with Gasteiger partial charge >= 0.3 is 0 Å². The lowest BCUT2D eigenvalue weighted by Crippen LogP contribution is -2.60. The summed E-state index contributed by atoms with van der Waals surface area (Å²) in [5.74, 6) is -0.0469. The molecule has 0 bridgehead atoms. The molecule has 1 aromatic heterocycles. The number of sulfonamides is 1. The molecular weight excluding hydrogens is 360 g/mol.